The highest BCUT2D eigenvalue weighted by molar-refractivity contribution is 5.79. The fourth-order valence-corrected chi connectivity index (χ4v) is 3.59. The Morgan fingerprint density at radius 3 is 2.37 bits per heavy atom. The SMILES string of the molecule is CN=C(NCc1ccccc1CN1CCOCC1)NCC(C)(C)c1ccc(F)cc1. The average Bonchev–Trinajstić information content (AvgIpc) is 2.76. The molecule has 0 bridgehead atoms. The molecule has 1 saturated heterocycles. The monoisotopic (exact) mass is 412 g/mol. The normalized spacial score (nSPS) is 15.8. The molecule has 5 nitrogen and oxygen atoms in total. The molecule has 162 valence electrons. The third-order valence-electron chi connectivity index (χ3n) is 5.61. The smallest absolute Gasteiger partial charge is 0.191 e. The van der Waals surface area contributed by atoms with Crippen molar-refractivity contribution in [3.05, 3.63) is 71.0 Å². The Bertz CT molecular complexity index is 829. The van der Waals surface area contributed by atoms with E-state index in [4.69, 9.17) is 4.74 Å². The van der Waals surface area contributed by atoms with Crippen molar-refractivity contribution in [2.24, 2.45) is 4.99 Å². The van der Waals surface area contributed by atoms with Gasteiger partial charge in [0.25, 0.3) is 0 Å². The van der Waals surface area contributed by atoms with Crippen molar-refractivity contribution in [3.63, 3.8) is 0 Å². The highest BCUT2D eigenvalue weighted by Gasteiger charge is 2.21. The Morgan fingerprint density at radius 1 is 1.03 bits per heavy atom. The van der Waals surface area contributed by atoms with Gasteiger partial charge in [0.15, 0.2) is 5.96 Å². The van der Waals surface area contributed by atoms with Crippen molar-refractivity contribution in [1.29, 1.82) is 0 Å². The molecule has 30 heavy (non-hydrogen) atoms. The molecular weight excluding hydrogens is 379 g/mol. The number of morpholine rings is 1. The molecule has 0 aliphatic carbocycles. The van der Waals surface area contributed by atoms with Gasteiger partial charge in [0.05, 0.1) is 13.2 Å². The maximum atomic E-state index is 13.2. The highest BCUT2D eigenvalue weighted by Crippen LogP contribution is 2.22. The quantitative estimate of drug-likeness (QED) is 0.541. The van der Waals surface area contributed by atoms with Gasteiger partial charge in [-0.15, -0.1) is 0 Å². The minimum Gasteiger partial charge on any atom is -0.379 e. The number of hydrogen-bond acceptors (Lipinski definition) is 3. The summed E-state index contributed by atoms with van der Waals surface area (Å²) in [4.78, 5) is 6.80. The number of nitrogens with one attached hydrogen (secondary N) is 2. The first-order valence-corrected chi connectivity index (χ1v) is 10.6. The summed E-state index contributed by atoms with van der Waals surface area (Å²) in [7, 11) is 1.78. The topological polar surface area (TPSA) is 48.9 Å². The van der Waals surface area contributed by atoms with Gasteiger partial charge in [-0.1, -0.05) is 50.2 Å². The van der Waals surface area contributed by atoms with E-state index in [-0.39, 0.29) is 11.2 Å². The minimum absolute atomic E-state index is 0.153. The van der Waals surface area contributed by atoms with Crippen LogP contribution in [-0.4, -0.2) is 50.8 Å². The van der Waals surface area contributed by atoms with Crippen LogP contribution in [0.5, 0.6) is 0 Å². The van der Waals surface area contributed by atoms with E-state index in [1.165, 1.54) is 23.3 Å². The summed E-state index contributed by atoms with van der Waals surface area (Å²) in [5, 5.41) is 6.84. The summed E-state index contributed by atoms with van der Waals surface area (Å²) >= 11 is 0. The van der Waals surface area contributed by atoms with Gasteiger partial charge in [0.1, 0.15) is 5.82 Å². The first-order chi connectivity index (χ1) is 14.5. The van der Waals surface area contributed by atoms with Crippen LogP contribution >= 0.6 is 0 Å². The van der Waals surface area contributed by atoms with Gasteiger partial charge >= 0.3 is 0 Å². The highest BCUT2D eigenvalue weighted by atomic mass is 19.1. The second-order valence-corrected chi connectivity index (χ2v) is 8.33. The van der Waals surface area contributed by atoms with E-state index in [1.54, 1.807) is 7.05 Å². The number of rotatable bonds is 7. The average molecular weight is 413 g/mol. The van der Waals surface area contributed by atoms with Gasteiger partial charge in [-0.25, -0.2) is 4.39 Å². The third-order valence-corrected chi connectivity index (χ3v) is 5.61. The Hall–Kier alpha value is -2.44. The van der Waals surface area contributed by atoms with Gasteiger partial charge < -0.3 is 15.4 Å². The second kappa shape index (κ2) is 10.5. The number of hydrogen-bond donors (Lipinski definition) is 2. The molecule has 1 aliphatic rings. The molecule has 2 aromatic carbocycles. The van der Waals surface area contributed by atoms with Crippen molar-refractivity contribution in [1.82, 2.24) is 15.5 Å². The Kier molecular flexibility index (Phi) is 7.82. The van der Waals surface area contributed by atoms with E-state index >= 15 is 0 Å². The standard InChI is InChI=1S/C24H33FN4O/c1-24(2,21-8-10-22(25)11-9-21)18-28-23(26-3)27-16-19-6-4-5-7-20(19)17-29-12-14-30-15-13-29/h4-11H,12-18H2,1-3H3,(H2,26,27,28). The van der Waals surface area contributed by atoms with E-state index in [0.29, 0.717) is 13.1 Å². The van der Waals surface area contributed by atoms with Crippen LogP contribution in [0.2, 0.25) is 0 Å². The molecular formula is C24H33FN4O. The summed E-state index contributed by atoms with van der Waals surface area (Å²) in [5.74, 6) is 0.544. The van der Waals surface area contributed by atoms with E-state index in [9.17, 15) is 4.39 Å². The van der Waals surface area contributed by atoms with Gasteiger partial charge in [-0.2, -0.15) is 0 Å². The molecule has 1 aliphatic heterocycles. The van der Waals surface area contributed by atoms with E-state index < -0.39 is 0 Å². The molecule has 2 N–H and O–H groups in total. The Labute approximate surface area is 179 Å². The van der Waals surface area contributed by atoms with Crippen LogP contribution in [-0.2, 0) is 23.2 Å². The third kappa shape index (κ3) is 6.28. The molecule has 6 heteroatoms. The van der Waals surface area contributed by atoms with E-state index in [0.717, 1.165) is 44.4 Å². The molecule has 0 aromatic heterocycles. The van der Waals surface area contributed by atoms with E-state index in [2.05, 4.69) is 58.6 Å². The zero-order chi connectivity index (χ0) is 21.4. The summed E-state index contributed by atoms with van der Waals surface area (Å²) in [6, 6.07) is 15.2. The fraction of sp³-hybridized carbons (Fsp3) is 0.458. The number of guanidine groups is 1. The van der Waals surface area contributed by atoms with Crippen LogP contribution in [0.3, 0.4) is 0 Å². The summed E-state index contributed by atoms with van der Waals surface area (Å²) in [6.07, 6.45) is 0. The summed E-state index contributed by atoms with van der Waals surface area (Å²) in [5.41, 5.74) is 3.53. The van der Waals surface area contributed by atoms with Gasteiger partial charge in [-0.3, -0.25) is 9.89 Å². The lowest BCUT2D eigenvalue weighted by atomic mass is 9.84. The molecule has 0 atom stereocenters. The van der Waals surface area contributed by atoms with Crippen LogP contribution in [0.1, 0.15) is 30.5 Å². The molecule has 1 heterocycles. The lowest BCUT2D eigenvalue weighted by molar-refractivity contribution is 0.0341. The van der Waals surface area contributed by atoms with Crippen LogP contribution < -0.4 is 10.6 Å². The molecule has 0 radical (unpaired) electrons. The molecule has 0 unspecified atom stereocenters. The molecule has 0 amide bonds. The largest absolute Gasteiger partial charge is 0.379 e. The van der Waals surface area contributed by atoms with Gasteiger partial charge in [-0.05, 0) is 28.8 Å². The van der Waals surface area contributed by atoms with E-state index in [1.807, 2.05) is 12.1 Å². The molecule has 3 rings (SSSR count). The van der Waals surface area contributed by atoms with Crippen LogP contribution in [0, 0.1) is 5.82 Å². The Morgan fingerprint density at radius 2 is 1.70 bits per heavy atom. The molecule has 0 spiro atoms. The predicted molar refractivity (Wildman–Crippen MR) is 120 cm³/mol. The van der Waals surface area contributed by atoms with Crippen molar-refractivity contribution < 1.29 is 9.13 Å². The van der Waals surface area contributed by atoms with Gasteiger partial charge in [0.2, 0.25) is 0 Å². The zero-order valence-electron chi connectivity index (χ0n) is 18.2. The van der Waals surface area contributed by atoms with Crippen LogP contribution in [0.4, 0.5) is 4.39 Å². The maximum Gasteiger partial charge on any atom is 0.191 e. The molecule has 2 aromatic rings. The molecule has 0 saturated carbocycles. The Balaban J connectivity index is 1.56. The predicted octanol–water partition coefficient (Wildman–Crippen LogP) is 3.30. The maximum absolute atomic E-state index is 13.2. The van der Waals surface area contributed by atoms with Crippen molar-refractivity contribution in [2.75, 3.05) is 39.9 Å². The zero-order valence-corrected chi connectivity index (χ0v) is 18.2. The van der Waals surface area contributed by atoms with Crippen molar-refractivity contribution in [3.8, 4) is 0 Å². The number of nitrogens with zero attached hydrogens (tertiary/aromatic N) is 2. The number of aliphatic imine (C=N–C) groups is 1. The van der Waals surface area contributed by atoms with Crippen molar-refractivity contribution >= 4 is 5.96 Å². The fourth-order valence-electron chi connectivity index (χ4n) is 3.59. The van der Waals surface area contributed by atoms with Crippen LogP contribution in [0.15, 0.2) is 53.5 Å². The first-order valence-electron chi connectivity index (χ1n) is 10.6. The number of ether oxygens (including phenoxy) is 1. The minimum atomic E-state index is -0.212. The van der Waals surface area contributed by atoms with Crippen LogP contribution in [0.25, 0.3) is 0 Å². The van der Waals surface area contributed by atoms with Gasteiger partial charge in [0, 0.05) is 45.2 Å². The lowest BCUT2D eigenvalue weighted by Gasteiger charge is -2.28. The summed E-state index contributed by atoms with van der Waals surface area (Å²) in [6.45, 7) is 10.2. The number of halogens is 1. The summed E-state index contributed by atoms with van der Waals surface area (Å²) < 4.78 is 18.7. The first kappa shape index (κ1) is 22.2. The molecule has 1 fully saturated rings. The lowest BCUT2D eigenvalue weighted by Crippen LogP contribution is -2.43. The number of benzene rings is 2. The second-order valence-electron chi connectivity index (χ2n) is 8.33. The van der Waals surface area contributed by atoms with Crippen molar-refractivity contribution in [2.45, 2.75) is 32.4 Å².